The van der Waals surface area contributed by atoms with Gasteiger partial charge in [-0.25, -0.2) is 4.79 Å². The molecule has 0 rings (SSSR count). The molecule has 14 heavy (non-hydrogen) atoms. The molecule has 0 saturated heterocycles. The molecule has 0 fully saturated rings. The second-order valence-electron chi connectivity index (χ2n) is 3.42. The average Bonchev–Trinajstić information content (AvgIpc) is 2.17. The lowest BCUT2D eigenvalue weighted by molar-refractivity contribution is -0.133. The molecule has 0 atom stereocenters. The lowest BCUT2D eigenvalue weighted by Gasteiger charge is -2.03. The molecule has 2 nitrogen and oxygen atoms in total. The molecular weight excluding hydrogens is 176 g/mol. The molecule has 0 aromatic rings. The van der Waals surface area contributed by atoms with Gasteiger partial charge < -0.3 is 4.74 Å². The van der Waals surface area contributed by atoms with Crippen LogP contribution in [0.2, 0.25) is 0 Å². The van der Waals surface area contributed by atoms with Crippen LogP contribution in [0.3, 0.4) is 0 Å². The number of carbonyl (C=O) groups is 1. The number of carbonyl (C=O) groups excluding carboxylic acids is 1. The fraction of sp³-hybridized carbons (Fsp3) is 0.583. The van der Waals surface area contributed by atoms with Crippen LogP contribution in [0.1, 0.15) is 46.5 Å². The monoisotopic (exact) mass is 196 g/mol. The lowest BCUT2D eigenvalue weighted by atomic mass is 10.1. The van der Waals surface area contributed by atoms with Gasteiger partial charge in [-0.05, 0) is 31.8 Å². The maximum absolute atomic E-state index is 11.1. The van der Waals surface area contributed by atoms with Gasteiger partial charge in [0.1, 0.15) is 0 Å². The first-order valence-corrected chi connectivity index (χ1v) is 5.16. The van der Waals surface area contributed by atoms with Crippen molar-refractivity contribution in [3.8, 4) is 0 Å². The van der Waals surface area contributed by atoms with E-state index in [1.807, 2.05) is 0 Å². The fourth-order valence-electron chi connectivity index (χ4n) is 0.960. The Balaban J connectivity index is 4.04. The van der Waals surface area contributed by atoms with Crippen molar-refractivity contribution >= 4 is 5.97 Å². The minimum Gasteiger partial charge on any atom is -0.431 e. The number of hydrogen-bond acceptors (Lipinski definition) is 2. The highest BCUT2D eigenvalue weighted by Crippen LogP contribution is 2.11. The molecule has 80 valence electrons. The van der Waals surface area contributed by atoms with Gasteiger partial charge in [-0.15, -0.1) is 0 Å². The summed E-state index contributed by atoms with van der Waals surface area (Å²) in [5.41, 5.74) is 1.62. The van der Waals surface area contributed by atoms with Crippen molar-refractivity contribution in [2.75, 3.05) is 0 Å². The summed E-state index contributed by atoms with van der Waals surface area (Å²) in [4.78, 5) is 11.1. The number of ether oxygens (including phenoxy) is 1. The Morgan fingerprint density at radius 2 is 2.07 bits per heavy atom. The predicted octanol–water partition coefficient (Wildman–Crippen LogP) is 3.59. The summed E-state index contributed by atoms with van der Waals surface area (Å²) in [5, 5.41) is 0. The maximum Gasteiger partial charge on any atom is 0.337 e. The third-order valence-corrected chi connectivity index (χ3v) is 1.99. The Kier molecular flexibility index (Phi) is 6.81. The van der Waals surface area contributed by atoms with Crippen molar-refractivity contribution < 1.29 is 9.53 Å². The molecule has 0 aliphatic heterocycles. The Bertz CT molecular complexity index is 226. The van der Waals surface area contributed by atoms with Crippen molar-refractivity contribution in [1.82, 2.24) is 0 Å². The number of hydrogen-bond donors (Lipinski definition) is 0. The zero-order chi connectivity index (χ0) is 11.0. The molecule has 0 unspecified atom stereocenters. The molecule has 0 N–H and O–H groups in total. The largest absolute Gasteiger partial charge is 0.431 e. The van der Waals surface area contributed by atoms with Crippen LogP contribution in [-0.4, -0.2) is 5.97 Å². The average molecular weight is 196 g/mol. The lowest BCUT2D eigenvalue weighted by Crippen LogP contribution is -2.00. The number of esters is 1. The molecular formula is C12H20O2. The van der Waals surface area contributed by atoms with Gasteiger partial charge in [0.2, 0.25) is 0 Å². The van der Waals surface area contributed by atoms with Crippen LogP contribution in [0.15, 0.2) is 24.0 Å². The first-order chi connectivity index (χ1) is 6.61. The molecule has 0 aromatic carbocycles. The molecule has 0 saturated carbocycles. The molecule has 0 spiro atoms. The zero-order valence-electron chi connectivity index (χ0n) is 9.43. The Labute approximate surface area is 86.6 Å². The molecule has 0 bridgehead atoms. The number of rotatable bonds is 6. The summed E-state index contributed by atoms with van der Waals surface area (Å²) < 4.78 is 4.95. The van der Waals surface area contributed by atoms with E-state index < -0.39 is 0 Å². The van der Waals surface area contributed by atoms with Gasteiger partial charge >= 0.3 is 5.97 Å². The maximum atomic E-state index is 11.1. The molecule has 0 heterocycles. The van der Waals surface area contributed by atoms with Crippen LogP contribution in [-0.2, 0) is 9.53 Å². The molecule has 0 aromatic heterocycles. The highest BCUT2D eigenvalue weighted by atomic mass is 16.5. The van der Waals surface area contributed by atoms with Crippen molar-refractivity contribution in [3.63, 3.8) is 0 Å². The smallest absolute Gasteiger partial charge is 0.337 e. The summed E-state index contributed by atoms with van der Waals surface area (Å²) in [6.07, 6.45) is 5.82. The van der Waals surface area contributed by atoms with E-state index in [-0.39, 0.29) is 5.97 Å². The Hall–Kier alpha value is -1.05. The summed E-state index contributed by atoms with van der Waals surface area (Å²) in [6.45, 7) is 9.38. The van der Waals surface area contributed by atoms with Crippen LogP contribution in [0.25, 0.3) is 0 Å². The minimum absolute atomic E-state index is 0.340. The standard InChI is InChI=1S/C12H20O2/c1-5-7-8-11(6-2)9-14-12(13)10(3)4/h9H,3,5-8H2,1-2,4H3. The first kappa shape index (κ1) is 12.9. The second kappa shape index (κ2) is 7.36. The van der Waals surface area contributed by atoms with E-state index in [4.69, 9.17) is 4.74 Å². The van der Waals surface area contributed by atoms with Crippen LogP contribution in [0, 0.1) is 0 Å². The number of unbranched alkanes of at least 4 members (excludes halogenated alkanes) is 1. The van der Waals surface area contributed by atoms with E-state index in [0.29, 0.717) is 5.57 Å². The summed E-state index contributed by atoms with van der Waals surface area (Å²) in [5.74, 6) is -0.340. The van der Waals surface area contributed by atoms with Gasteiger partial charge in [-0.3, -0.25) is 0 Å². The van der Waals surface area contributed by atoms with Crippen LogP contribution in [0.4, 0.5) is 0 Å². The van der Waals surface area contributed by atoms with E-state index in [1.165, 1.54) is 5.57 Å². The van der Waals surface area contributed by atoms with Gasteiger partial charge in [0.05, 0.1) is 6.26 Å². The van der Waals surface area contributed by atoms with Crippen molar-refractivity contribution in [2.45, 2.75) is 46.5 Å². The highest BCUT2D eigenvalue weighted by Gasteiger charge is 2.01. The van der Waals surface area contributed by atoms with Crippen LogP contribution < -0.4 is 0 Å². The van der Waals surface area contributed by atoms with E-state index in [2.05, 4.69) is 20.4 Å². The van der Waals surface area contributed by atoms with Crippen molar-refractivity contribution in [3.05, 3.63) is 24.0 Å². The molecule has 0 aliphatic carbocycles. The second-order valence-corrected chi connectivity index (χ2v) is 3.42. The van der Waals surface area contributed by atoms with E-state index >= 15 is 0 Å². The van der Waals surface area contributed by atoms with Crippen LogP contribution >= 0.6 is 0 Å². The SMILES string of the molecule is C=C(C)C(=O)OC=C(CC)CCCC. The normalized spacial score (nSPS) is 11.2. The summed E-state index contributed by atoms with van der Waals surface area (Å²) >= 11 is 0. The van der Waals surface area contributed by atoms with Gasteiger partial charge in [0.25, 0.3) is 0 Å². The first-order valence-electron chi connectivity index (χ1n) is 5.16. The summed E-state index contributed by atoms with van der Waals surface area (Å²) in [7, 11) is 0. The minimum atomic E-state index is -0.340. The van der Waals surface area contributed by atoms with Crippen LogP contribution in [0.5, 0.6) is 0 Å². The fourth-order valence-corrected chi connectivity index (χ4v) is 0.960. The van der Waals surface area contributed by atoms with Crippen molar-refractivity contribution in [2.24, 2.45) is 0 Å². The topological polar surface area (TPSA) is 26.3 Å². The molecule has 0 amide bonds. The third kappa shape index (κ3) is 5.57. The van der Waals surface area contributed by atoms with E-state index in [9.17, 15) is 4.79 Å². The Morgan fingerprint density at radius 3 is 2.50 bits per heavy atom. The summed E-state index contributed by atoms with van der Waals surface area (Å²) in [6, 6.07) is 0. The third-order valence-electron chi connectivity index (χ3n) is 1.99. The number of allylic oxidation sites excluding steroid dienone is 1. The van der Waals surface area contributed by atoms with Gasteiger partial charge in [0, 0.05) is 5.57 Å². The van der Waals surface area contributed by atoms with Crippen molar-refractivity contribution in [1.29, 1.82) is 0 Å². The Morgan fingerprint density at radius 1 is 1.43 bits per heavy atom. The molecule has 0 radical (unpaired) electrons. The quantitative estimate of drug-likeness (QED) is 0.368. The van der Waals surface area contributed by atoms with Gasteiger partial charge in [-0.2, -0.15) is 0 Å². The van der Waals surface area contributed by atoms with Gasteiger partial charge in [-0.1, -0.05) is 26.8 Å². The zero-order valence-corrected chi connectivity index (χ0v) is 9.43. The van der Waals surface area contributed by atoms with E-state index in [0.717, 1.165) is 25.7 Å². The molecule has 0 aliphatic rings. The van der Waals surface area contributed by atoms with E-state index in [1.54, 1.807) is 13.2 Å². The molecule has 2 heteroatoms. The predicted molar refractivity (Wildman–Crippen MR) is 58.8 cm³/mol. The highest BCUT2D eigenvalue weighted by molar-refractivity contribution is 5.87. The van der Waals surface area contributed by atoms with Gasteiger partial charge in [0.15, 0.2) is 0 Å².